The summed E-state index contributed by atoms with van der Waals surface area (Å²) in [6.07, 6.45) is 1.87. The maximum Gasteiger partial charge on any atom is 0.243 e. The van der Waals surface area contributed by atoms with Crippen LogP contribution < -0.4 is 16.4 Å². The highest BCUT2D eigenvalue weighted by Gasteiger charge is 2.25. The number of nitrogens with one attached hydrogen (secondary N) is 2. The number of primary amides is 1. The topological polar surface area (TPSA) is 125 Å². The molecule has 1 rings (SSSR count). The van der Waals surface area contributed by atoms with Gasteiger partial charge in [0.15, 0.2) is 0 Å². The summed E-state index contributed by atoms with van der Waals surface area (Å²) in [5.41, 5.74) is 5.85. The van der Waals surface area contributed by atoms with Crippen molar-refractivity contribution in [2.45, 2.75) is 51.1 Å². The number of carbonyl (C=O) groups is 3. The standard InChI is InChI=1S/C18H23FN4O3/c1-12(24)22-16(11-13-6-5-7-14(19)10-13)18(26)23-15(17(21)25)8-3-2-4-9-20/h5-7,10,15-16H,2-4,8,11H2,1H3,(H2,21,25)(H,22,24)(H,23,26)/t15-,16-/m1/s1. The second-order valence-corrected chi connectivity index (χ2v) is 5.95. The molecule has 140 valence electrons. The summed E-state index contributed by atoms with van der Waals surface area (Å²) in [6, 6.07) is 5.84. The smallest absolute Gasteiger partial charge is 0.243 e. The van der Waals surface area contributed by atoms with Gasteiger partial charge < -0.3 is 16.4 Å². The molecule has 4 N–H and O–H groups in total. The first-order valence-corrected chi connectivity index (χ1v) is 8.31. The normalized spacial score (nSPS) is 12.5. The van der Waals surface area contributed by atoms with Crippen molar-refractivity contribution in [3.63, 3.8) is 0 Å². The van der Waals surface area contributed by atoms with Gasteiger partial charge in [0.2, 0.25) is 17.7 Å². The van der Waals surface area contributed by atoms with E-state index in [1.165, 1.54) is 25.1 Å². The molecule has 2 atom stereocenters. The molecule has 8 heteroatoms. The molecule has 0 aliphatic heterocycles. The summed E-state index contributed by atoms with van der Waals surface area (Å²) in [5, 5.41) is 13.6. The maximum absolute atomic E-state index is 13.3. The van der Waals surface area contributed by atoms with Gasteiger partial charge in [-0.05, 0) is 37.0 Å². The predicted octanol–water partition coefficient (Wildman–Crippen LogP) is 0.927. The molecule has 0 radical (unpaired) electrons. The van der Waals surface area contributed by atoms with Gasteiger partial charge in [-0.3, -0.25) is 14.4 Å². The molecule has 26 heavy (non-hydrogen) atoms. The quantitative estimate of drug-likeness (QED) is 0.535. The van der Waals surface area contributed by atoms with Crippen LogP contribution in [0.4, 0.5) is 4.39 Å². The van der Waals surface area contributed by atoms with E-state index in [-0.39, 0.29) is 6.42 Å². The third kappa shape index (κ3) is 7.75. The lowest BCUT2D eigenvalue weighted by molar-refractivity contribution is -0.130. The average Bonchev–Trinajstić information content (AvgIpc) is 2.56. The molecular formula is C18H23FN4O3. The van der Waals surface area contributed by atoms with E-state index in [1.807, 2.05) is 6.07 Å². The van der Waals surface area contributed by atoms with E-state index in [2.05, 4.69) is 10.6 Å². The second-order valence-electron chi connectivity index (χ2n) is 5.95. The molecule has 0 aromatic heterocycles. The van der Waals surface area contributed by atoms with Crippen LogP contribution in [0.5, 0.6) is 0 Å². The number of nitrogens with zero attached hydrogens (tertiary/aromatic N) is 1. The van der Waals surface area contributed by atoms with Crippen LogP contribution in [0.15, 0.2) is 24.3 Å². The Bertz CT molecular complexity index is 687. The molecular weight excluding hydrogens is 339 g/mol. The van der Waals surface area contributed by atoms with E-state index >= 15 is 0 Å². The first-order chi connectivity index (χ1) is 12.3. The summed E-state index contributed by atoms with van der Waals surface area (Å²) in [7, 11) is 0. The summed E-state index contributed by atoms with van der Waals surface area (Å²) >= 11 is 0. The Morgan fingerprint density at radius 1 is 1.23 bits per heavy atom. The summed E-state index contributed by atoms with van der Waals surface area (Å²) < 4.78 is 13.3. The Morgan fingerprint density at radius 2 is 1.96 bits per heavy atom. The molecule has 0 aliphatic carbocycles. The lowest BCUT2D eigenvalue weighted by Gasteiger charge is -2.21. The molecule has 0 bridgehead atoms. The molecule has 3 amide bonds. The zero-order valence-corrected chi connectivity index (χ0v) is 14.6. The number of rotatable bonds is 10. The van der Waals surface area contributed by atoms with Crippen LogP contribution in [0.1, 0.15) is 38.2 Å². The number of carbonyl (C=O) groups excluding carboxylic acids is 3. The monoisotopic (exact) mass is 362 g/mol. The maximum atomic E-state index is 13.3. The third-order valence-corrected chi connectivity index (χ3v) is 3.71. The summed E-state index contributed by atoms with van der Waals surface area (Å²) in [6.45, 7) is 1.26. The van der Waals surface area contributed by atoms with Gasteiger partial charge in [-0.15, -0.1) is 0 Å². The van der Waals surface area contributed by atoms with Crippen LogP contribution in [-0.2, 0) is 20.8 Å². The fraction of sp³-hybridized carbons (Fsp3) is 0.444. The molecule has 0 aliphatic rings. The lowest BCUT2D eigenvalue weighted by Crippen LogP contribution is -2.53. The van der Waals surface area contributed by atoms with E-state index in [1.54, 1.807) is 6.07 Å². The molecule has 0 heterocycles. The first-order valence-electron chi connectivity index (χ1n) is 8.31. The van der Waals surface area contributed by atoms with E-state index < -0.39 is 35.6 Å². The zero-order valence-electron chi connectivity index (χ0n) is 14.6. The van der Waals surface area contributed by atoms with Crippen molar-refractivity contribution in [3.05, 3.63) is 35.6 Å². The van der Waals surface area contributed by atoms with Crippen molar-refractivity contribution in [1.82, 2.24) is 10.6 Å². The van der Waals surface area contributed by atoms with Crippen molar-refractivity contribution in [2.24, 2.45) is 5.73 Å². The number of nitrogens with two attached hydrogens (primary N) is 1. The number of amides is 3. The van der Waals surface area contributed by atoms with E-state index in [0.29, 0.717) is 31.2 Å². The number of hydrogen-bond acceptors (Lipinski definition) is 4. The molecule has 1 aromatic rings. The van der Waals surface area contributed by atoms with Crippen LogP contribution >= 0.6 is 0 Å². The molecule has 0 unspecified atom stereocenters. The fourth-order valence-corrected chi connectivity index (χ4v) is 2.46. The van der Waals surface area contributed by atoms with E-state index in [9.17, 15) is 18.8 Å². The van der Waals surface area contributed by atoms with Crippen LogP contribution in [0, 0.1) is 17.1 Å². The number of halogens is 1. The summed E-state index contributed by atoms with van der Waals surface area (Å²) in [5.74, 6) is -2.14. The van der Waals surface area contributed by atoms with Gasteiger partial charge in [0.05, 0.1) is 6.07 Å². The van der Waals surface area contributed by atoms with Gasteiger partial charge in [0.25, 0.3) is 0 Å². The van der Waals surface area contributed by atoms with Gasteiger partial charge in [-0.1, -0.05) is 12.1 Å². The average molecular weight is 362 g/mol. The minimum absolute atomic E-state index is 0.0725. The van der Waals surface area contributed by atoms with E-state index in [0.717, 1.165) is 0 Å². The Hall–Kier alpha value is -2.95. The minimum Gasteiger partial charge on any atom is -0.368 e. The van der Waals surface area contributed by atoms with Crippen LogP contribution in [-0.4, -0.2) is 29.8 Å². The molecule has 0 spiro atoms. The Kier molecular flexibility index (Phi) is 8.78. The zero-order chi connectivity index (χ0) is 19.5. The highest BCUT2D eigenvalue weighted by Crippen LogP contribution is 2.08. The predicted molar refractivity (Wildman–Crippen MR) is 92.9 cm³/mol. The van der Waals surface area contributed by atoms with Crippen LogP contribution in [0.2, 0.25) is 0 Å². The molecule has 7 nitrogen and oxygen atoms in total. The van der Waals surface area contributed by atoms with Gasteiger partial charge in [0.1, 0.15) is 17.9 Å². The van der Waals surface area contributed by atoms with Crippen molar-refractivity contribution in [1.29, 1.82) is 5.26 Å². The van der Waals surface area contributed by atoms with Crippen molar-refractivity contribution >= 4 is 17.7 Å². The summed E-state index contributed by atoms with van der Waals surface area (Å²) in [4.78, 5) is 35.4. The first kappa shape index (κ1) is 21.1. The van der Waals surface area contributed by atoms with Crippen LogP contribution in [0.25, 0.3) is 0 Å². The van der Waals surface area contributed by atoms with Gasteiger partial charge in [0, 0.05) is 19.8 Å². The highest BCUT2D eigenvalue weighted by molar-refractivity contribution is 5.91. The number of nitriles is 1. The van der Waals surface area contributed by atoms with Crippen LogP contribution in [0.3, 0.4) is 0 Å². The van der Waals surface area contributed by atoms with Gasteiger partial charge in [-0.2, -0.15) is 5.26 Å². The number of hydrogen-bond donors (Lipinski definition) is 3. The van der Waals surface area contributed by atoms with E-state index in [4.69, 9.17) is 11.0 Å². The minimum atomic E-state index is -0.963. The van der Waals surface area contributed by atoms with Crippen molar-refractivity contribution in [2.75, 3.05) is 0 Å². The largest absolute Gasteiger partial charge is 0.368 e. The second kappa shape index (κ2) is 10.8. The van der Waals surface area contributed by atoms with Crippen molar-refractivity contribution in [3.8, 4) is 6.07 Å². The van der Waals surface area contributed by atoms with Gasteiger partial charge >= 0.3 is 0 Å². The number of benzene rings is 1. The molecule has 0 fully saturated rings. The lowest BCUT2D eigenvalue weighted by atomic mass is 10.0. The fourth-order valence-electron chi connectivity index (χ4n) is 2.46. The SMILES string of the molecule is CC(=O)N[C@H](Cc1cccc(F)c1)C(=O)N[C@H](CCCCC#N)C(N)=O. The molecule has 1 aromatic carbocycles. The number of unbranched alkanes of at least 4 members (excludes halogenated alkanes) is 2. The Morgan fingerprint density at radius 3 is 2.54 bits per heavy atom. The Balaban J connectivity index is 2.77. The highest BCUT2D eigenvalue weighted by atomic mass is 19.1. The van der Waals surface area contributed by atoms with Gasteiger partial charge in [-0.25, -0.2) is 4.39 Å². The van der Waals surface area contributed by atoms with Crippen molar-refractivity contribution < 1.29 is 18.8 Å². The third-order valence-electron chi connectivity index (χ3n) is 3.71. The molecule has 0 saturated heterocycles. The Labute approximate surface area is 151 Å². The molecule has 0 saturated carbocycles.